The molecule has 0 spiro atoms. The minimum atomic E-state index is -0.766. The van der Waals surface area contributed by atoms with Crippen LogP contribution in [0.15, 0.2) is 36.5 Å². The van der Waals surface area contributed by atoms with Crippen molar-refractivity contribution in [2.24, 2.45) is 0 Å². The van der Waals surface area contributed by atoms with Gasteiger partial charge in [0.2, 0.25) is 0 Å². The predicted molar refractivity (Wildman–Crippen MR) is 80.5 cm³/mol. The highest BCUT2D eigenvalue weighted by molar-refractivity contribution is 5.82. The van der Waals surface area contributed by atoms with E-state index in [4.69, 9.17) is 0 Å². The normalized spacial score (nSPS) is 17.3. The van der Waals surface area contributed by atoms with Crippen LogP contribution in [0.5, 0.6) is 0 Å². The summed E-state index contributed by atoms with van der Waals surface area (Å²) in [5.74, 6) is -1.22. The first-order chi connectivity index (χ1) is 10.1. The van der Waals surface area contributed by atoms with Crippen molar-refractivity contribution in [2.45, 2.75) is 32.4 Å². The Morgan fingerprint density at radius 2 is 2.14 bits per heavy atom. The van der Waals surface area contributed by atoms with E-state index in [1.165, 1.54) is 0 Å². The number of para-hydroxylation sites is 1. The molecule has 1 aromatic carbocycles. The Bertz CT molecular complexity index is 663. The maximum atomic E-state index is 11.4. The summed E-state index contributed by atoms with van der Waals surface area (Å²) >= 11 is 0. The Hall–Kier alpha value is -2.30. The molecule has 0 amide bonds. The van der Waals surface area contributed by atoms with E-state index in [1.807, 2.05) is 41.2 Å². The second-order valence-electron chi connectivity index (χ2n) is 5.71. The molecule has 0 radical (unpaired) electrons. The van der Waals surface area contributed by atoms with E-state index in [9.17, 15) is 9.90 Å². The van der Waals surface area contributed by atoms with Gasteiger partial charge in [-0.05, 0) is 31.5 Å². The quantitative estimate of drug-likeness (QED) is 0.938. The van der Waals surface area contributed by atoms with E-state index < -0.39 is 11.9 Å². The number of hydrogen-bond donors (Lipinski definition) is 1. The first-order valence-corrected chi connectivity index (χ1v) is 7.17. The molecule has 1 N–H and O–H groups in total. The predicted octanol–water partition coefficient (Wildman–Crippen LogP) is 2.65. The standard InChI is InChI=1S/C16H19N3O2/c1-11(2)19-8-7-12(17-19)9-18-10-14(16(20)21)13-5-3-4-6-15(13)18/h3-8,11,14H,9-10H2,1-2H3,(H,20,21). The molecule has 1 aromatic heterocycles. The van der Waals surface area contributed by atoms with Crippen LogP contribution in [0.4, 0.5) is 5.69 Å². The van der Waals surface area contributed by atoms with Gasteiger partial charge in [0.1, 0.15) is 5.92 Å². The molecule has 5 nitrogen and oxygen atoms in total. The minimum absolute atomic E-state index is 0.330. The number of anilines is 1. The number of rotatable bonds is 4. The zero-order valence-corrected chi connectivity index (χ0v) is 12.2. The molecule has 0 fully saturated rings. The molecule has 5 heteroatoms. The van der Waals surface area contributed by atoms with Gasteiger partial charge in [0.15, 0.2) is 0 Å². The molecule has 1 aliphatic rings. The maximum absolute atomic E-state index is 11.4. The highest BCUT2D eigenvalue weighted by Crippen LogP contribution is 2.36. The first kappa shape index (κ1) is 13.7. The highest BCUT2D eigenvalue weighted by Gasteiger charge is 2.33. The van der Waals surface area contributed by atoms with Crippen LogP contribution in [-0.2, 0) is 11.3 Å². The molecule has 2 heterocycles. The lowest BCUT2D eigenvalue weighted by molar-refractivity contribution is -0.138. The summed E-state index contributed by atoms with van der Waals surface area (Å²) in [4.78, 5) is 13.5. The van der Waals surface area contributed by atoms with Crippen molar-refractivity contribution in [3.05, 3.63) is 47.8 Å². The van der Waals surface area contributed by atoms with Gasteiger partial charge in [-0.15, -0.1) is 0 Å². The van der Waals surface area contributed by atoms with Crippen molar-refractivity contribution in [3.63, 3.8) is 0 Å². The highest BCUT2D eigenvalue weighted by atomic mass is 16.4. The Morgan fingerprint density at radius 3 is 2.81 bits per heavy atom. The Kier molecular flexibility index (Phi) is 3.41. The number of aliphatic carboxylic acids is 1. The molecule has 21 heavy (non-hydrogen) atoms. The van der Waals surface area contributed by atoms with Gasteiger partial charge in [-0.2, -0.15) is 5.10 Å². The van der Waals surface area contributed by atoms with E-state index in [1.54, 1.807) is 0 Å². The Labute approximate surface area is 123 Å². The van der Waals surface area contributed by atoms with Crippen molar-refractivity contribution < 1.29 is 9.90 Å². The van der Waals surface area contributed by atoms with Crippen molar-refractivity contribution in [2.75, 3.05) is 11.4 Å². The molecule has 1 atom stereocenters. The lowest BCUT2D eigenvalue weighted by Gasteiger charge is -2.18. The van der Waals surface area contributed by atoms with E-state index in [-0.39, 0.29) is 0 Å². The third kappa shape index (κ3) is 2.51. The molecule has 2 aromatic rings. The maximum Gasteiger partial charge on any atom is 0.312 e. The van der Waals surface area contributed by atoms with Gasteiger partial charge in [0.25, 0.3) is 0 Å². The van der Waals surface area contributed by atoms with Crippen molar-refractivity contribution >= 4 is 11.7 Å². The fraction of sp³-hybridized carbons (Fsp3) is 0.375. The van der Waals surface area contributed by atoms with Crippen LogP contribution >= 0.6 is 0 Å². The van der Waals surface area contributed by atoms with Gasteiger partial charge in [-0.3, -0.25) is 9.48 Å². The molecule has 0 aliphatic carbocycles. The zero-order valence-electron chi connectivity index (χ0n) is 12.2. The summed E-state index contributed by atoms with van der Waals surface area (Å²) < 4.78 is 1.92. The van der Waals surface area contributed by atoms with Crippen molar-refractivity contribution in [1.29, 1.82) is 0 Å². The topological polar surface area (TPSA) is 58.4 Å². The summed E-state index contributed by atoms with van der Waals surface area (Å²) in [7, 11) is 0. The van der Waals surface area contributed by atoms with E-state index in [0.717, 1.165) is 16.9 Å². The van der Waals surface area contributed by atoms with Gasteiger partial charge in [0.05, 0.1) is 12.2 Å². The first-order valence-electron chi connectivity index (χ1n) is 7.17. The molecule has 1 aliphatic heterocycles. The average Bonchev–Trinajstić information content (AvgIpc) is 3.05. The van der Waals surface area contributed by atoms with Gasteiger partial charge in [-0.25, -0.2) is 0 Å². The molecule has 1 unspecified atom stereocenters. The fourth-order valence-corrected chi connectivity index (χ4v) is 2.79. The second-order valence-corrected chi connectivity index (χ2v) is 5.71. The number of nitrogens with zero attached hydrogens (tertiary/aromatic N) is 3. The Balaban J connectivity index is 1.85. The van der Waals surface area contributed by atoms with Crippen LogP contribution in [0.3, 0.4) is 0 Å². The van der Waals surface area contributed by atoms with E-state index in [0.29, 0.717) is 19.1 Å². The third-order valence-corrected chi connectivity index (χ3v) is 3.90. The summed E-state index contributed by atoms with van der Waals surface area (Å²) in [6, 6.07) is 10.1. The van der Waals surface area contributed by atoms with E-state index in [2.05, 4.69) is 23.8 Å². The summed E-state index contributed by atoms with van der Waals surface area (Å²) in [5, 5.41) is 13.9. The van der Waals surface area contributed by atoms with Gasteiger partial charge in [-0.1, -0.05) is 18.2 Å². The Morgan fingerprint density at radius 1 is 1.38 bits per heavy atom. The molecule has 0 saturated carbocycles. The third-order valence-electron chi connectivity index (χ3n) is 3.90. The summed E-state index contributed by atoms with van der Waals surface area (Å²) in [5.41, 5.74) is 2.86. The number of fused-ring (bicyclic) bond motifs is 1. The lowest BCUT2D eigenvalue weighted by atomic mass is 10.0. The number of carboxylic acids is 1. The fourth-order valence-electron chi connectivity index (χ4n) is 2.79. The van der Waals surface area contributed by atoms with Crippen LogP contribution in [-0.4, -0.2) is 27.4 Å². The number of carboxylic acid groups (broad SMARTS) is 1. The van der Waals surface area contributed by atoms with Crippen LogP contribution in [0.25, 0.3) is 0 Å². The zero-order chi connectivity index (χ0) is 15.0. The van der Waals surface area contributed by atoms with Crippen molar-refractivity contribution in [3.8, 4) is 0 Å². The summed E-state index contributed by atoms with van der Waals surface area (Å²) in [6.07, 6.45) is 1.97. The van der Waals surface area contributed by atoms with Crippen LogP contribution in [0.1, 0.15) is 37.1 Å². The van der Waals surface area contributed by atoms with Crippen molar-refractivity contribution in [1.82, 2.24) is 9.78 Å². The lowest BCUT2D eigenvalue weighted by Crippen LogP contribution is -2.24. The monoisotopic (exact) mass is 285 g/mol. The van der Waals surface area contributed by atoms with Crippen LogP contribution in [0, 0.1) is 0 Å². The molecule has 0 saturated heterocycles. The minimum Gasteiger partial charge on any atom is -0.481 e. The SMILES string of the molecule is CC(C)n1ccc(CN2CC(C(=O)O)c3ccccc32)n1. The number of aromatic nitrogens is 2. The second kappa shape index (κ2) is 5.24. The number of carbonyl (C=O) groups is 1. The van der Waals surface area contributed by atoms with E-state index >= 15 is 0 Å². The molecule has 3 rings (SSSR count). The van der Waals surface area contributed by atoms with Gasteiger partial charge in [0, 0.05) is 24.5 Å². The average molecular weight is 285 g/mol. The van der Waals surface area contributed by atoms with Gasteiger partial charge < -0.3 is 10.0 Å². The van der Waals surface area contributed by atoms with Crippen LogP contribution < -0.4 is 4.90 Å². The summed E-state index contributed by atoms with van der Waals surface area (Å²) in [6.45, 7) is 5.31. The number of benzene rings is 1. The largest absolute Gasteiger partial charge is 0.481 e. The smallest absolute Gasteiger partial charge is 0.312 e. The molecule has 110 valence electrons. The van der Waals surface area contributed by atoms with Crippen LogP contribution in [0.2, 0.25) is 0 Å². The van der Waals surface area contributed by atoms with Gasteiger partial charge >= 0.3 is 5.97 Å². The molecule has 0 bridgehead atoms. The number of hydrogen-bond acceptors (Lipinski definition) is 3. The molecular formula is C16H19N3O2. The molecular weight excluding hydrogens is 266 g/mol.